The summed E-state index contributed by atoms with van der Waals surface area (Å²) in [4.78, 5) is 0. The second kappa shape index (κ2) is 6.36. The van der Waals surface area contributed by atoms with E-state index >= 15 is 0 Å². The minimum atomic E-state index is 0.402. The standard InChI is InChI=1S/C15H21N3/c1-3-12-5-7-13(8-6-12)15(4-2)16-11-14-9-10-17-18-14/h5-10,15-16H,3-4,11H2,1-2H3,(H,17,18). The Morgan fingerprint density at radius 3 is 2.50 bits per heavy atom. The molecule has 2 rings (SSSR count). The number of hydrogen-bond acceptors (Lipinski definition) is 2. The van der Waals surface area contributed by atoms with Gasteiger partial charge in [0, 0.05) is 24.5 Å². The molecular formula is C15H21N3. The van der Waals surface area contributed by atoms with Crippen LogP contribution in [0.3, 0.4) is 0 Å². The molecular weight excluding hydrogens is 222 g/mol. The van der Waals surface area contributed by atoms with Crippen LogP contribution in [0.2, 0.25) is 0 Å². The molecule has 1 aromatic carbocycles. The maximum Gasteiger partial charge on any atom is 0.0490 e. The summed E-state index contributed by atoms with van der Waals surface area (Å²) in [6.45, 7) is 5.22. The van der Waals surface area contributed by atoms with Crippen molar-refractivity contribution < 1.29 is 0 Å². The van der Waals surface area contributed by atoms with Gasteiger partial charge >= 0.3 is 0 Å². The molecule has 1 aromatic heterocycles. The maximum atomic E-state index is 3.96. The van der Waals surface area contributed by atoms with Crippen LogP contribution < -0.4 is 5.32 Å². The first-order chi connectivity index (χ1) is 8.83. The van der Waals surface area contributed by atoms with E-state index < -0.39 is 0 Å². The van der Waals surface area contributed by atoms with Crippen molar-refractivity contribution in [1.82, 2.24) is 15.5 Å². The van der Waals surface area contributed by atoms with Crippen LogP contribution >= 0.6 is 0 Å². The van der Waals surface area contributed by atoms with Gasteiger partial charge in [-0.2, -0.15) is 5.10 Å². The fourth-order valence-corrected chi connectivity index (χ4v) is 2.10. The van der Waals surface area contributed by atoms with Crippen molar-refractivity contribution in [2.24, 2.45) is 0 Å². The van der Waals surface area contributed by atoms with Gasteiger partial charge in [0.15, 0.2) is 0 Å². The zero-order chi connectivity index (χ0) is 12.8. The number of aromatic nitrogens is 2. The molecule has 18 heavy (non-hydrogen) atoms. The van der Waals surface area contributed by atoms with Gasteiger partial charge in [0.2, 0.25) is 0 Å². The summed E-state index contributed by atoms with van der Waals surface area (Å²) >= 11 is 0. The average Bonchev–Trinajstić information content (AvgIpc) is 2.93. The fraction of sp³-hybridized carbons (Fsp3) is 0.400. The van der Waals surface area contributed by atoms with E-state index in [4.69, 9.17) is 0 Å². The van der Waals surface area contributed by atoms with Crippen molar-refractivity contribution in [3.8, 4) is 0 Å². The largest absolute Gasteiger partial charge is 0.304 e. The summed E-state index contributed by atoms with van der Waals surface area (Å²) in [6, 6.07) is 11.3. The van der Waals surface area contributed by atoms with Gasteiger partial charge in [-0.1, -0.05) is 38.1 Å². The summed E-state index contributed by atoms with van der Waals surface area (Å²) < 4.78 is 0. The van der Waals surface area contributed by atoms with E-state index in [2.05, 4.69) is 53.6 Å². The van der Waals surface area contributed by atoms with Crippen molar-refractivity contribution in [3.63, 3.8) is 0 Å². The molecule has 2 aromatic rings. The summed E-state index contributed by atoms with van der Waals surface area (Å²) in [7, 11) is 0. The molecule has 1 unspecified atom stereocenters. The minimum Gasteiger partial charge on any atom is -0.304 e. The number of aromatic amines is 1. The first-order valence-electron chi connectivity index (χ1n) is 6.64. The fourth-order valence-electron chi connectivity index (χ4n) is 2.10. The van der Waals surface area contributed by atoms with Crippen molar-refractivity contribution in [3.05, 3.63) is 53.3 Å². The topological polar surface area (TPSA) is 40.7 Å². The first-order valence-corrected chi connectivity index (χ1v) is 6.64. The molecule has 0 radical (unpaired) electrons. The van der Waals surface area contributed by atoms with E-state index in [9.17, 15) is 0 Å². The molecule has 3 nitrogen and oxygen atoms in total. The van der Waals surface area contributed by atoms with Gasteiger partial charge in [0.05, 0.1) is 0 Å². The number of rotatable bonds is 6. The minimum absolute atomic E-state index is 0.402. The molecule has 0 fully saturated rings. The Labute approximate surface area is 109 Å². The lowest BCUT2D eigenvalue weighted by Crippen LogP contribution is -2.20. The normalized spacial score (nSPS) is 12.6. The number of nitrogens with one attached hydrogen (secondary N) is 2. The SMILES string of the molecule is CCc1ccc(C(CC)NCc2ccn[nH]2)cc1. The van der Waals surface area contributed by atoms with Crippen LogP contribution in [-0.4, -0.2) is 10.2 Å². The summed E-state index contributed by atoms with van der Waals surface area (Å²) in [5.41, 5.74) is 3.87. The third-order valence-electron chi connectivity index (χ3n) is 3.30. The Morgan fingerprint density at radius 1 is 1.17 bits per heavy atom. The van der Waals surface area contributed by atoms with Crippen LogP contribution in [0.5, 0.6) is 0 Å². The van der Waals surface area contributed by atoms with Crippen molar-refractivity contribution >= 4 is 0 Å². The quantitative estimate of drug-likeness (QED) is 0.818. The molecule has 1 heterocycles. The van der Waals surface area contributed by atoms with Gasteiger partial charge in [-0.25, -0.2) is 0 Å². The van der Waals surface area contributed by atoms with Crippen molar-refractivity contribution in [2.45, 2.75) is 39.3 Å². The number of hydrogen-bond donors (Lipinski definition) is 2. The Balaban J connectivity index is 1.98. The van der Waals surface area contributed by atoms with E-state index in [-0.39, 0.29) is 0 Å². The second-order valence-electron chi connectivity index (χ2n) is 4.52. The summed E-state index contributed by atoms with van der Waals surface area (Å²) in [5, 5.41) is 10.5. The highest BCUT2D eigenvalue weighted by Gasteiger charge is 2.08. The number of benzene rings is 1. The smallest absolute Gasteiger partial charge is 0.0490 e. The van der Waals surface area contributed by atoms with Gasteiger partial charge in [0.25, 0.3) is 0 Å². The van der Waals surface area contributed by atoms with Crippen molar-refractivity contribution in [1.29, 1.82) is 0 Å². The first kappa shape index (κ1) is 12.8. The van der Waals surface area contributed by atoms with Gasteiger partial charge in [-0.15, -0.1) is 0 Å². The Bertz CT molecular complexity index is 445. The summed E-state index contributed by atoms with van der Waals surface area (Å²) in [5.74, 6) is 0. The van der Waals surface area contributed by atoms with E-state index in [1.165, 1.54) is 11.1 Å². The van der Waals surface area contributed by atoms with Gasteiger partial charge in [-0.05, 0) is 30.0 Å². The predicted molar refractivity (Wildman–Crippen MR) is 74.3 cm³/mol. The number of aryl methyl sites for hydroxylation is 1. The van der Waals surface area contributed by atoms with E-state index in [0.717, 1.165) is 25.1 Å². The molecule has 0 spiro atoms. The molecule has 1 atom stereocenters. The Hall–Kier alpha value is -1.61. The number of nitrogens with zero attached hydrogens (tertiary/aromatic N) is 1. The van der Waals surface area contributed by atoms with E-state index in [1.807, 2.05) is 6.07 Å². The molecule has 0 aliphatic rings. The molecule has 0 aliphatic carbocycles. The summed E-state index contributed by atoms with van der Waals surface area (Å²) in [6.07, 6.45) is 3.96. The number of H-pyrrole nitrogens is 1. The molecule has 0 saturated heterocycles. The third kappa shape index (κ3) is 3.20. The highest BCUT2D eigenvalue weighted by Crippen LogP contribution is 2.18. The zero-order valence-corrected chi connectivity index (χ0v) is 11.1. The highest BCUT2D eigenvalue weighted by molar-refractivity contribution is 5.25. The van der Waals surface area contributed by atoms with Crippen LogP contribution in [0.25, 0.3) is 0 Å². The monoisotopic (exact) mass is 243 g/mol. The molecule has 0 aliphatic heterocycles. The van der Waals surface area contributed by atoms with E-state index in [1.54, 1.807) is 6.20 Å². The van der Waals surface area contributed by atoms with Crippen LogP contribution in [-0.2, 0) is 13.0 Å². The van der Waals surface area contributed by atoms with Crippen LogP contribution in [0.4, 0.5) is 0 Å². The second-order valence-corrected chi connectivity index (χ2v) is 4.52. The third-order valence-corrected chi connectivity index (χ3v) is 3.30. The lowest BCUT2D eigenvalue weighted by Gasteiger charge is -2.17. The zero-order valence-electron chi connectivity index (χ0n) is 11.1. The van der Waals surface area contributed by atoms with Gasteiger partial charge in [-0.3, -0.25) is 5.10 Å². The lowest BCUT2D eigenvalue weighted by atomic mass is 10.0. The highest BCUT2D eigenvalue weighted by atomic mass is 15.1. The molecule has 0 bridgehead atoms. The van der Waals surface area contributed by atoms with Crippen molar-refractivity contribution in [2.75, 3.05) is 0 Å². The molecule has 2 N–H and O–H groups in total. The van der Waals surface area contributed by atoms with Crippen LogP contribution in [0.1, 0.15) is 43.1 Å². The molecule has 3 heteroatoms. The molecule has 96 valence electrons. The van der Waals surface area contributed by atoms with Gasteiger partial charge < -0.3 is 5.32 Å². The van der Waals surface area contributed by atoms with Crippen LogP contribution in [0.15, 0.2) is 36.5 Å². The van der Waals surface area contributed by atoms with Crippen LogP contribution in [0, 0.1) is 0 Å². The predicted octanol–water partition coefficient (Wildman–Crippen LogP) is 3.21. The molecule has 0 amide bonds. The Morgan fingerprint density at radius 2 is 1.94 bits per heavy atom. The average molecular weight is 243 g/mol. The maximum absolute atomic E-state index is 3.96. The molecule has 0 saturated carbocycles. The van der Waals surface area contributed by atoms with Gasteiger partial charge in [0.1, 0.15) is 0 Å². The Kier molecular flexibility index (Phi) is 4.53. The lowest BCUT2D eigenvalue weighted by molar-refractivity contribution is 0.514. The van der Waals surface area contributed by atoms with E-state index in [0.29, 0.717) is 6.04 Å².